The second-order valence-electron chi connectivity index (χ2n) is 5.59. The second kappa shape index (κ2) is 5.28. The van der Waals surface area contributed by atoms with Gasteiger partial charge in [0.05, 0.1) is 12.1 Å². The number of nitrogens with zero attached hydrogens (tertiary/aromatic N) is 2. The first kappa shape index (κ1) is 14.1. The van der Waals surface area contributed by atoms with Crippen LogP contribution in [-0.4, -0.2) is 15.7 Å². The fourth-order valence-electron chi connectivity index (χ4n) is 2.93. The molecule has 23 heavy (non-hydrogen) atoms. The Hall–Kier alpha value is -2.53. The number of amides is 1. The molecule has 0 aliphatic carbocycles. The molecule has 0 saturated heterocycles. The number of hydrogen-bond acceptors (Lipinski definition) is 3. The van der Waals surface area contributed by atoms with Crippen molar-refractivity contribution >= 4 is 23.3 Å². The zero-order valence-corrected chi connectivity index (χ0v) is 13.2. The Morgan fingerprint density at radius 2 is 2.22 bits per heavy atom. The van der Waals surface area contributed by atoms with E-state index in [-0.39, 0.29) is 11.8 Å². The molecule has 0 saturated carbocycles. The summed E-state index contributed by atoms with van der Waals surface area (Å²) in [4.78, 5) is 12.0. The first-order chi connectivity index (χ1) is 11.1. The summed E-state index contributed by atoms with van der Waals surface area (Å²) < 4.78 is 7.67. The number of fused-ring (bicyclic) bond motifs is 1. The molecule has 5 nitrogen and oxygen atoms in total. The highest BCUT2D eigenvalue weighted by Crippen LogP contribution is 2.38. The summed E-state index contributed by atoms with van der Waals surface area (Å²) in [5, 5.41) is 7.74. The van der Waals surface area contributed by atoms with E-state index in [1.807, 2.05) is 36.4 Å². The highest BCUT2D eigenvalue weighted by atomic mass is 35.5. The van der Waals surface area contributed by atoms with Gasteiger partial charge < -0.3 is 9.73 Å². The van der Waals surface area contributed by atoms with E-state index in [9.17, 15) is 4.79 Å². The van der Waals surface area contributed by atoms with Crippen LogP contribution in [0.15, 0.2) is 47.0 Å². The van der Waals surface area contributed by atoms with Gasteiger partial charge in [-0.25, -0.2) is 0 Å². The summed E-state index contributed by atoms with van der Waals surface area (Å²) in [6, 6.07) is 11.3. The summed E-state index contributed by atoms with van der Waals surface area (Å²) in [5.74, 6) is 2.06. The van der Waals surface area contributed by atoms with E-state index in [0.29, 0.717) is 11.4 Å². The minimum atomic E-state index is -0.125. The number of hydrogen-bond donors (Lipinski definition) is 1. The number of aromatic nitrogens is 2. The second-order valence-corrected chi connectivity index (χ2v) is 6.03. The fraction of sp³-hybridized carbons (Fsp3) is 0.176. The van der Waals surface area contributed by atoms with Gasteiger partial charge in [0, 0.05) is 29.6 Å². The summed E-state index contributed by atoms with van der Waals surface area (Å²) in [5.41, 5.74) is 1.88. The van der Waals surface area contributed by atoms with Crippen molar-refractivity contribution in [2.75, 3.05) is 5.32 Å². The van der Waals surface area contributed by atoms with Gasteiger partial charge in [0.1, 0.15) is 17.3 Å². The highest BCUT2D eigenvalue weighted by molar-refractivity contribution is 6.30. The van der Waals surface area contributed by atoms with E-state index >= 15 is 0 Å². The molecule has 0 radical (unpaired) electrons. The van der Waals surface area contributed by atoms with Crippen molar-refractivity contribution in [1.29, 1.82) is 0 Å². The monoisotopic (exact) mass is 327 g/mol. The molecule has 0 bridgehead atoms. The first-order valence-corrected chi connectivity index (χ1v) is 7.67. The van der Waals surface area contributed by atoms with Crippen molar-refractivity contribution in [2.45, 2.75) is 12.3 Å². The summed E-state index contributed by atoms with van der Waals surface area (Å²) in [6.45, 7) is 0. The maximum Gasteiger partial charge on any atom is 0.226 e. The van der Waals surface area contributed by atoms with Gasteiger partial charge in [0.2, 0.25) is 5.91 Å². The van der Waals surface area contributed by atoms with Crippen LogP contribution >= 0.6 is 11.6 Å². The third kappa shape index (κ3) is 2.43. The Kier molecular flexibility index (Phi) is 3.23. The van der Waals surface area contributed by atoms with Crippen LogP contribution < -0.4 is 5.32 Å². The molecule has 0 fully saturated rings. The number of aryl methyl sites for hydroxylation is 1. The molecule has 6 heteroatoms. The molecule has 1 aliphatic rings. The Balaban J connectivity index is 1.73. The molecular formula is C17H14ClN3O2. The van der Waals surface area contributed by atoms with Gasteiger partial charge in [-0.3, -0.25) is 9.48 Å². The SMILES string of the molecule is Cn1ncc2c1NC(=O)CC2c1ccc(-c2cccc(Cl)c2)o1. The third-order valence-corrected chi connectivity index (χ3v) is 4.30. The molecule has 1 atom stereocenters. The van der Waals surface area contributed by atoms with E-state index < -0.39 is 0 Å². The highest BCUT2D eigenvalue weighted by Gasteiger charge is 2.31. The topological polar surface area (TPSA) is 60.1 Å². The number of nitrogens with one attached hydrogen (secondary N) is 1. The lowest BCUT2D eigenvalue weighted by atomic mass is 9.92. The molecule has 0 spiro atoms. The molecule has 3 heterocycles. The molecule has 116 valence electrons. The Morgan fingerprint density at radius 3 is 3.04 bits per heavy atom. The van der Waals surface area contributed by atoms with E-state index in [0.717, 1.165) is 28.5 Å². The number of furan rings is 1. The minimum absolute atomic E-state index is 0.0354. The normalized spacial score (nSPS) is 17.0. The molecule has 1 amide bonds. The van der Waals surface area contributed by atoms with Crippen molar-refractivity contribution in [1.82, 2.24) is 9.78 Å². The van der Waals surface area contributed by atoms with Gasteiger partial charge in [-0.05, 0) is 24.3 Å². The number of halogens is 1. The van der Waals surface area contributed by atoms with Gasteiger partial charge in [0.25, 0.3) is 0 Å². The average Bonchev–Trinajstić information content (AvgIpc) is 3.15. The number of benzene rings is 1. The standard InChI is InChI=1S/C17H14ClN3O2/c1-21-17-13(9-19-21)12(8-16(22)20-17)15-6-5-14(23-15)10-3-2-4-11(18)7-10/h2-7,9,12H,8H2,1H3,(H,20,22). The van der Waals surface area contributed by atoms with Crippen LogP contribution in [0.3, 0.4) is 0 Å². The predicted molar refractivity (Wildman–Crippen MR) is 87.5 cm³/mol. The van der Waals surface area contributed by atoms with Crippen LogP contribution in [0.4, 0.5) is 5.82 Å². The smallest absolute Gasteiger partial charge is 0.226 e. The van der Waals surface area contributed by atoms with Gasteiger partial charge in [-0.2, -0.15) is 5.10 Å². The molecule has 4 rings (SSSR count). The number of anilines is 1. The van der Waals surface area contributed by atoms with Crippen LogP contribution in [0.25, 0.3) is 11.3 Å². The summed E-state index contributed by atoms with van der Waals surface area (Å²) >= 11 is 6.03. The van der Waals surface area contributed by atoms with E-state index in [4.69, 9.17) is 16.0 Å². The van der Waals surface area contributed by atoms with Gasteiger partial charge >= 0.3 is 0 Å². The van der Waals surface area contributed by atoms with Gasteiger partial charge in [-0.1, -0.05) is 23.7 Å². The van der Waals surface area contributed by atoms with Crippen molar-refractivity contribution in [3.05, 3.63) is 58.9 Å². The molecule has 1 aliphatic heterocycles. The lowest BCUT2D eigenvalue weighted by Crippen LogP contribution is -2.24. The van der Waals surface area contributed by atoms with Gasteiger partial charge in [0.15, 0.2) is 0 Å². The van der Waals surface area contributed by atoms with Crippen LogP contribution in [0.5, 0.6) is 0 Å². The number of carbonyl (C=O) groups is 1. The molecule has 2 aromatic heterocycles. The van der Waals surface area contributed by atoms with Crippen LogP contribution in [0, 0.1) is 0 Å². The van der Waals surface area contributed by atoms with E-state index in [1.165, 1.54) is 0 Å². The summed E-state index contributed by atoms with van der Waals surface area (Å²) in [6.07, 6.45) is 2.13. The van der Waals surface area contributed by atoms with Crippen LogP contribution in [0.1, 0.15) is 23.7 Å². The Labute approximate surface area is 137 Å². The van der Waals surface area contributed by atoms with Crippen molar-refractivity contribution in [3.8, 4) is 11.3 Å². The third-order valence-electron chi connectivity index (χ3n) is 4.07. The largest absolute Gasteiger partial charge is 0.460 e. The molecule has 1 aromatic carbocycles. The average molecular weight is 328 g/mol. The van der Waals surface area contributed by atoms with Crippen molar-refractivity contribution in [3.63, 3.8) is 0 Å². The Morgan fingerprint density at radius 1 is 1.35 bits per heavy atom. The lowest BCUT2D eigenvalue weighted by molar-refractivity contribution is -0.116. The molecule has 1 N–H and O–H groups in total. The quantitative estimate of drug-likeness (QED) is 0.778. The van der Waals surface area contributed by atoms with E-state index in [1.54, 1.807) is 17.9 Å². The van der Waals surface area contributed by atoms with Crippen LogP contribution in [0.2, 0.25) is 5.02 Å². The van der Waals surface area contributed by atoms with Gasteiger partial charge in [-0.15, -0.1) is 0 Å². The zero-order valence-electron chi connectivity index (χ0n) is 12.4. The number of carbonyl (C=O) groups excluding carboxylic acids is 1. The number of rotatable bonds is 2. The Bertz CT molecular complexity index is 897. The van der Waals surface area contributed by atoms with Crippen molar-refractivity contribution < 1.29 is 9.21 Å². The predicted octanol–water partition coefficient (Wildman–Crippen LogP) is 3.81. The molecule has 3 aromatic rings. The minimum Gasteiger partial charge on any atom is -0.460 e. The maximum absolute atomic E-state index is 12.0. The maximum atomic E-state index is 12.0. The fourth-order valence-corrected chi connectivity index (χ4v) is 3.12. The zero-order chi connectivity index (χ0) is 16.0. The van der Waals surface area contributed by atoms with Crippen molar-refractivity contribution in [2.24, 2.45) is 7.05 Å². The van der Waals surface area contributed by atoms with Crippen LogP contribution in [-0.2, 0) is 11.8 Å². The summed E-state index contributed by atoms with van der Waals surface area (Å²) in [7, 11) is 1.81. The molecular weight excluding hydrogens is 314 g/mol. The molecule has 1 unspecified atom stereocenters. The lowest BCUT2D eigenvalue weighted by Gasteiger charge is -2.21. The van der Waals surface area contributed by atoms with E-state index in [2.05, 4.69) is 10.4 Å². The first-order valence-electron chi connectivity index (χ1n) is 7.29.